The summed E-state index contributed by atoms with van der Waals surface area (Å²) in [5.74, 6) is 0.370. The zero-order valence-corrected chi connectivity index (χ0v) is 8.81. The maximum absolute atomic E-state index is 6.04. The molecule has 2 atom stereocenters. The molecule has 1 aliphatic carbocycles. The molecule has 0 aromatic rings. The molecule has 0 saturated heterocycles. The van der Waals surface area contributed by atoms with E-state index in [1.54, 1.807) is 0 Å². The fraction of sp³-hybridized carbons (Fsp3) is 0.600. The first kappa shape index (κ1) is 10.1. The van der Waals surface area contributed by atoms with E-state index in [1.165, 1.54) is 11.1 Å². The van der Waals surface area contributed by atoms with Crippen LogP contribution in [0.15, 0.2) is 22.5 Å². The molecule has 0 bridgehead atoms. The van der Waals surface area contributed by atoms with E-state index in [4.69, 9.17) is 11.5 Å². The van der Waals surface area contributed by atoms with Gasteiger partial charge in [0.25, 0.3) is 0 Å². The summed E-state index contributed by atoms with van der Waals surface area (Å²) in [6, 6.07) is 0.00806. The van der Waals surface area contributed by atoms with Crippen LogP contribution in [-0.4, -0.2) is 13.1 Å². The van der Waals surface area contributed by atoms with Crippen molar-refractivity contribution in [1.29, 1.82) is 0 Å². The molecule has 13 heavy (non-hydrogen) atoms. The van der Waals surface area contributed by atoms with E-state index in [2.05, 4.69) is 19.2 Å². The van der Waals surface area contributed by atoms with Crippen LogP contribution in [-0.2, 0) is 0 Å². The molecular formula is C10H19N3. The van der Waals surface area contributed by atoms with Gasteiger partial charge in [-0.15, -0.1) is 0 Å². The van der Waals surface area contributed by atoms with Crippen molar-refractivity contribution < 1.29 is 0 Å². The van der Waals surface area contributed by atoms with Crippen LogP contribution in [0.5, 0.6) is 0 Å². The zero-order valence-electron chi connectivity index (χ0n) is 8.81. The molecule has 1 rings (SSSR count). The molecule has 0 aliphatic heterocycles. The predicted molar refractivity (Wildman–Crippen MR) is 55.8 cm³/mol. The fourth-order valence-corrected chi connectivity index (χ4v) is 1.76. The van der Waals surface area contributed by atoms with Gasteiger partial charge in [0, 0.05) is 7.05 Å². The largest absolute Gasteiger partial charge is 0.397 e. The van der Waals surface area contributed by atoms with Crippen molar-refractivity contribution in [3.8, 4) is 0 Å². The number of nitrogens with one attached hydrogen (secondary N) is 1. The summed E-state index contributed by atoms with van der Waals surface area (Å²) in [5.41, 5.74) is 16.2. The Bertz CT molecular complexity index is 276. The smallest absolute Gasteiger partial charge is 0.0552 e. The van der Waals surface area contributed by atoms with Gasteiger partial charge < -0.3 is 16.8 Å². The van der Waals surface area contributed by atoms with Crippen LogP contribution in [0.4, 0.5) is 0 Å². The third-order valence-electron chi connectivity index (χ3n) is 3.11. The Balaban J connectivity index is 3.19. The van der Waals surface area contributed by atoms with Gasteiger partial charge in [-0.05, 0) is 25.3 Å². The Hall–Kier alpha value is -0.960. The Labute approximate surface area is 79.9 Å². The standard InChI is InChI=1S/C10H19N3/c1-5-6(2)8(11)10(13-4)9(12)7(5)3/h6,8,13H,11-12H2,1-4H3. The number of hydrogen-bond donors (Lipinski definition) is 3. The molecule has 0 radical (unpaired) electrons. The first-order valence-electron chi connectivity index (χ1n) is 4.61. The normalized spacial score (nSPS) is 29.6. The number of nitrogens with two attached hydrogens (primary N) is 2. The van der Waals surface area contributed by atoms with Crippen LogP contribution >= 0.6 is 0 Å². The molecule has 0 aromatic heterocycles. The van der Waals surface area contributed by atoms with E-state index in [9.17, 15) is 0 Å². The van der Waals surface area contributed by atoms with Crippen LogP contribution < -0.4 is 16.8 Å². The summed E-state index contributed by atoms with van der Waals surface area (Å²) < 4.78 is 0. The average molecular weight is 181 g/mol. The summed E-state index contributed by atoms with van der Waals surface area (Å²) in [7, 11) is 1.86. The molecule has 3 heteroatoms. The van der Waals surface area contributed by atoms with Crippen molar-refractivity contribution in [3.63, 3.8) is 0 Å². The number of likely N-dealkylation sites (N-methyl/N-ethyl adjacent to an activating group) is 1. The van der Waals surface area contributed by atoms with Crippen LogP contribution in [0.1, 0.15) is 20.8 Å². The van der Waals surface area contributed by atoms with E-state index in [0.29, 0.717) is 5.92 Å². The molecule has 0 amide bonds. The van der Waals surface area contributed by atoms with Gasteiger partial charge >= 0.3 is 0 Å². The molecule has 3 nitrogen and oxygen atoms in total. The molecule has 0 fully saturated rings. The molecular weight excluding hydrogens is 162 g/mol. The molecule has 0 heterocycles. The van der Waals surface area contributed by atoms with Crippen molar-refractivity contribution >= 4 is 0 Å². The van der Waals surface area contributed by atoms with Crippen molar-refractivity contribution in [3.05, 3.63) is 22.5 Å². The van der Waals surface area contributed by atoms with E-state index in [-0.39, 0.29) is 6.04 Å². The highest BCUT2D eigenvalue weighted by Crippen LogP contribution is 2.29. The van der Waals surface area contributed by atoms with Crippen molar-refractivity contribution in [2.45, 2.75) is 26.8 Å². The van der Waals surface area contributed by atoms with Gasteiger partial charge in [-0.25, -0.2) is 0 Å². The minimum atomic E-state index is 0.00806. The first-order chi connectivity index (χ1) is 6.00. The monoisotopic (exact) mass is 181 g/mol. The second kappa shape index (κ2) is 3.42. The first-order valence-corrected chi connectivity index (χ1v) is 4.61. The van der Waals surface area contributed by atoms with Crippen molar-refractivity contribution in [2.75, 3.05) is 7.05 Å². The van der Waals surface area contributed by atoms with Crippen LogP contribution in [0.2, 0.25) is 0 Å². The Kier molecular flexibility index (Phi) is 2.66. The summed E-state index contributed by atoms with van der Waals surface area (Å²) in [6.45, 7) is 6.27. The minimum Gasteiger partial charge on any atom is -0.397 e. The van der Waals surface area contributed by atoms with E-state index in [0.717, 1.165) is 11.4 Å². The lowest BCUT2D eigenvalue weighted by Crippen LogP contribution is -2.41. The molecule has 2 unspecified atom stereocenters. The number of allylic oxidation sites excluding steroid dienone is 1. The minimum absolute atomic E-state index is 0.00806. The maximum atomic E-state index is 6.04. The summed E-state index contributed by atoms with van der Waals surface area (Å²) >= 11 is 0. The van der Waals surface area contributed by atoms with Crippen LogP contribution in [0.25, 0.3) is 0 Å². The van der Waals surface area contributed by atoms with Gasteiger partial charge in [-0.2, -0.15) is 0 Å². The van der Waals surface area contributed by atoms with Gasteiger partial charge in [0.15, 0.2) is 0 Å². The van der Waals surface area contributed by atoms with Crippen molar-refractivity contribution in [1.82, 2.24) is 5.32 Å². The number of hydrogen-bond acceptors (Lipinski definition) is 3. The van der Waals surface area contributed by atoms with Gasteiger partial charge in [-0.1, -0.05) is 12.5 Å². The highest BCUT2D eigenvalue weighted by atomic mass is 14.9. The van der Waals surface area contributed by atoms with E-state index < -0.39 is 0 Å². The molecule has 0 spiro atoms. The van der Waals surface area contributed by atoms with E-state index >= 15 is 0 Å². The summed E-state index contributed by atoms with van der Waals surface area (Å²) in [5, 5.41) is 3.08. The topological polar surface area (TPSA) is 64.1 Å². The lowest BCUT2D eigenvalue weighted by atomic mass is 9.83. The predicted octanol–water partition coefficient (Wildman–Crippen LogP) is 0.690. The van der Waals surface area contributed by atoms with Crippen molar-refractivity contribution in [2.24, 2.45) is 17.4 Å². The van der Waals surface area contributed by atoms with Gasteiger partial charge in [0.1, 0.15) is 0 Å². The second-order valence-electron chi connectivity index (χ2n) is 3.70. The quantitative estimate of drug-likeness (QED) is 0.557. The Morgan fingerprint density at radius 3 is 2.31 bits per heavy atom. The Morgan fingerprint density at radius 2 is 1.85 bits per heavy atom. The van der Waals surface area contributed by atoms with Crippen LogP contribution in [0.3, 0.4) is 0 Å². The molecule has 0 aromatic carbocycles. The lowest BCUT2D eigenvalue weighted by Gasteiger charge is -2.31. The highest BCUT2D eigenvalue weighted by Gasteiger charge is 2.26. The Morgan fingerprint density at radius 1 is 1.31 bits per heavy atom. The highest BCUT2D eigenvalue weighted by molar-refractivity contribution is 5.42. The van der Waals surface area contributed by atoms with Gasteiger partial charge in [-0.3, -0.25) is 0 Å². The lowest BCUT2D eigenvalue weighted by molar-refractivity contribution is 0.528. The molecule has 1 aliphatic rings. The summed E-state index contributed by atoms with van der Waals surface area (Å²) in [4.78, 5) is 0. The van der Waals surface area contributed by atoms with Gasteiger partial charge in [0.05, 0.1) is 17.4 Å². The summed E-state index contributed by atoms with van der Waals surface area (Å²) in [6.07, 6.45) is 0. The van der Waals surface area contributed by atoms with Crippen LogP contribution in [0, 0.1) is 5.92 Å². The number of rotatable bonds is 1. The molecule has 74 valence electrons. The van der Waals surface area contributed by atoms with E-state index in [1.807, 2.05) is 14.0 Å². The third kappa shape index (κ3) is 1.44. The van der Waals surface area contributed by atoms with Gasteiger partial charge in [0.2, 0.25) is 0 Å². The maximum Gasteiger partial charge on any atom is 0.0552 e. The second-order valence-corrected chi connectivity index (χ2v) is 3.70. The molecule has 5 N–H and O–H groups in total. The third-order valence-corrected chi connectivity index (χ3v) is 3.11. The zero-order chi connectivity index (χ0) is 10.2. The average Bonchev–Trinajstić information content (AvgIpc) is 2.13. The fourth-order valence-electron chi connectivity index (χ4n) is 1.76. The SMILES string of the molecule is CNC1=C(N)C(C)=C(C)C(C)C1N. The molecule has 0 saturated carbocycles.